The first-order valence-electron chi connectivity index (χ1n) is 9.75. The van der Waals surface area contributed by atoms with Crippen molar-refractivity contribution < 1.29 is 23.2 Å². The van der Waals surface area contributed by atoms with Crippen LogP contribution in [0.2, 0.25) is 0 Å². The fraction of sp³-hybridized carbons (Fsp3) is 0.0417. The van der Waals surface area contributed by atoms with E-state index in [0.29, 0.717) is 38.8 Å². The average Bonchev–Trinajstić information content (AvgIpc) is 3.18. The van der Waals surface area contributed by atoms with Gasteiger partial charge in [0.25, 0.3) is 10.1 Å². The molecule has 0 atom stereocenters. The van der Waals surface area contributed by atoms with Crippen LogP contribution in [0.5, 0.6) is 11.5 Å². The summed E-state index contributed by atoms with van der Waals surface area (Å²) in [6, 6.07) is 18.8. The van der Waals surface area contributed by atoms with E-state index in [1.807, 2.05) is 43.3 Å². The van der Waals surface area contributed by atoms with Gasteiger partial charge in [-0.15, -0.1) is 0 Å². The van der Waals surface area contributed by atoms with E-state index in [-0.39, 0.29) is 11.5 Å². The van der Waals surface area contributed by atoms with Gasteiger partial charge in [0.2, 0.25) is 0 Å². The molecule has 32 heavy (non-hydrogen) atoms. The number of aryl methyl sites for hydroxylation is 1. The highest BCUT2D eigenvalue weighted by Crippen LogP contribution is 2.39. The van der Waals surface area contributed by atoms with Crippen molar-refractivity contribution in [3.63, 3.8) is 0 Å². The van der Waals surface area contributed by atoms with Crippen LogP contribution >= 0.6 is 0 Å². The third-order valence-electron chi connectivity index (χ3n) is 5.47. The van der Waals surface area contributed by atoms with Crippen LogP contribution in [0.4, 0.5) is 0 Å². The lowest BCUT2D eigenvalue weighted by atomic mass is 10.0. The smallest absolute Gasteiger partial charge is 0.294 e. The Hall–Kier alpha value is -3.88. The molecule has 0 radical (unpaired) electrons. The molecule has 0 amide bonds. The summed E-state index contributed by atoms with van der Waals surface area (Å²) in [4.78, 5) is 7.34. The number of phenols is 2. The summed E-state index contributed by atoms with van der Waals surface area (Å²) in [7, 11) is -4.47. The lowest BCUT2D eigenvalue weighted by molar-refractivity contribution is 0.471. The SMILES string of the molecule is Cc1ccc(-c2cccc(-c3nc4c(ccc5cc(S(=O)(=O)O)cc(O)c54)[nH]3)c2O)cc1. The Morgan fingerprint density at radius 3 is 2.34 bits per heavy atom. The van der Waals surface area contributed by atoms with E-state index in [0.717, 1.165) is 17.2 Å². The number of hydrogen-bond acceptors (Lipinski definition) is 5. The van der Waals surface area contributed by atoms with Gasteiger partial charge in [-0.2, -0.15) is 8.42 Å². The summed E-state index contributed by atoms with van der Waals surface area (Å²) < 4.78 is 32.3. The molecule has 1 heterocycles. The van der Waals surface area contributed by atoms with Crippen molar-refractivity contribution in [2.45, 2.75) is 11.8 Å². The molecule has 160 valence electrons. The van der Waals surface area contributed by atoms with Crippen LogP contribution in [0.25, 0.3) is 44.3 Å². The van der Waals surface area contributed by atoms with Crippen LogP contribution in [0.15, 0.2) is 71.6 Å². The molecule has 0 aliphatic carbocycles. The van der Waals surface area contributed by atoms with Crippen molar-refractivity contribution in [1.29, 1.82) is 0 Å². The van der Waals surface area contributed by atoms with E-state index in [1.165, 1.54) is 6.07 Å². The second-order valence-corrected chi connectivity index (χ2v) is 9.05. The van der Waals surface area contributed by atoms with Crippen LogP contribution < -0.4 is 0 Å². The number of nitrogens with zero attached hydrogens (tertiary/aromatic N) is 1. The van der Waals surface area contributed by atoms with Crippen LogP contribution in [0, 0.1) is 6.92 Å². The fourth-order valence-corrected chi connectivity index (χ4v) is 4.40. The normalized spacial score (nSPS) is 11.9. The first-order valence-corrected chi connectivity index (χ1v) is 11.2. The number of aromatic hydroxyl groups is 2. The zero-order valence-corrected chi connectivity index (χ0v) is 17.7. The minimum atomic E-state index is -4.47. The fourth-order valence-electron chi connectivity index (χ4n) is 3.86. The van der Waals surface area contributed by atoms with Gasteiger partial charge < -0.3 is 15.2 Å². The summed E-state index contributed by atoms with van der Waals surface area (Å²) in [5.74, 6) is 0.145. The Bertz CT molecular complexity index is 1620. The summed E-state index contributed by atoms with van der Waals surface area (Å²) in [5, 5.41) is 22.2. The van der Waals surface area contributed by atoms with Crippen molar-refractivity contribution in [3.05, 3.63) is 72.3 Å². The quantitative estimate of drug-likeness (QED) is 0.289. The van der Waals surface area contributed by atoms with E-state index in [4.69, 9.17) is 0 Å². The first-order chi connectivity index (χ1) is 15.2. The third kappa shape index (κ3) is 3.26. The summed E-state index contributed by atoms with van der Waals surface area (Å²) in [6.45, 7) is 1.99. The molecule has 5 aromatic rings. The van der Waals surface area contributed by atoms with E-state index >= 15 is 0 Å². The molecule has 0 spiro atoms. The molecular weight excluding hydrogens is 428 g/mol. The number of phenolic OH excluding ortho intramolecular Hbond substituents is 2. The number of para-hydroxylation sites is 1. The van der Waals surface area contributed by atoms with Crippen LogP contribution in [-0.4, -0.2) is 33.2 Å². The molecule has 0 unspecified atom stereocenters. The molecule has 0 saturated carbocycles. The van der Waals surface area contributed by atoms with E-state index in [2.05, 4.69) is 9.97 Å². The number of aromatic amines is 1. The van der Waals surface area contributed by atoms with E-state index < -0.39 is 15.0 Å². The lowest BCUT2D eigenvalue weighted by Gasteiger charge is -2.09. The van der Waals surface area contributed by atoms with Crippen molar-refractivity contribution in [2.24, 2.45) is 0 Å². The number of nitrogens with one attached hydrogen (secondary N) is 1. The topological polar surface area (TPSA) is 124 Å². The molecule has 0 saturated heterocycles. The Balaban J connectivity index is 1.70. The number of aromatic nitrogens is 2. The molecule has 7 nitrogen and oxygen atoms in total. The molecule has 0 fully saturated rings. The maximum Gasteiger partial charge on any atom is 0.294 e. The van der Waals surface area contributed by atoms with Crippen molar-refractivity contribution in [3.8, 4) is 34.0 Å². The molecule has 0 aliphatic heterocycles. The van der Waals surface area contributed by atoms with Gasteiger partial charge in [0.15, 0.2) is 0 Å². The number of benzene rings is 4. The van der Waals surface area contributed by atoms with Crippen molar-refractivity contribution in [2.75, 3.05) is 0 Å². The molecule has 4 aromatic carbocycles. The van der Waals surface area contributed by atoms with Crippen molar-refractivity contribution >= 4 is 31.9 Å². The number of H-pyrrole nitrogens is 1. The molecule has 8 heteroatoms. The summed E-state index contributed by atoms with van der Waals surface area (Å²) in [5.41, 5.74) is 4.15. The molecule has 0 bridgehead atoms. The second-order valence-electron chi connectivity index (χ2n) is 7.63. The van der Waals surface area contributed by atoms with E-state index in [1.54, 1.807) is 18.2 Å². The predicted molar refractivity (Wildman–Crippen MR) is 122 cm³/mol. The Morgan fingerprint density at radius 1 is 0.906 bits per heavy atom. The largest absolute Gasteiger partial charge is 0.507 e. The van der Waals surface area contributed by atoms with Crippen LogP contribution in [0.1, 0.15) is 5.56 Å². The molecule has 1 aromatic heterocycles. The van der Waals surface area contributed by atoms with E-state index in [9.17, 15) is 23.2 Å². The maximum absolute atomic E-state index is 11.5. The average molecular weight is 446 g/mol. The second kappa shape index (κ2) is 7.08. The highest BCUT2D eigenvalue weighted by molar-refractivity contribution is 7.85. The Kier molecular flexibility index (Phi) is 4.44. The van der Waals surface area contributed by atoms with Gasteiger partial charge in [-0.1, -0.05) is 48.0 Å². The van der Waals surface area contributed by atoms with Crippen LogP contribution in [-0.2, 0) is 10.1 Å². The number of imidazole rings is 1. The molecule has 0 aliphatic rings. The molecular formula is C24H18N2O5S. The van der Waals surface area contributed by atoms with Gasteiger partial charge in [0, 0.05) is 11.6 Å². The van der Waals surface area contributed by atoms with Crippen LogP contribution in [0.3, 0.4) is 0 Å². The standard InChI is InChI=1S/C24H18N2O5S/c1-13-5-7-14(8-6-13)17-3-2-4-18(23(17)28)24-25-19-10-9-15-11-16(32(29,30)31)12-20(27)21(15)22(19)26-24/h2-12,27-28H,1H3,(H,25,26)(H,29,30,31). The van der Waals surface area contributed by atoms with Crippen molar-refractivity contribution in [1.82, 2.24) is 9.97 Å². The van der Waals surface area contributed by atoms with Gasteiger partial charge >= 0.3 is 0 Å². The zero-order valence-electron chi connectivity index (χ0n) is 16.9. The van der Waals surface area contributed by atoms with Gasteiger partial charge in [-0.25, -0.2) is 4.98 Å². The molecule has 5 rings (SSSR count). The predicted octanol–water partition coefficient (Wildman–Crippen LogP) is 5.02. The zero-order chi connectivity index (χ0) is 22.6. The minimum Gasteiger partial charge on any atom is -0.507 e. The number of fused-ring (bicyclic) bond motifs is 3. The molecule has 4 N–H and O–H groups in total. The highest BCUT2D eigenvalue weighted by Gasteiger charge is 2.19. The van der Waals surface area contributed by atoms with Gasteiger partial charge in [0.05, 0.1) is 21.4 Å². The highest BCUT2D eigenvalue weighted by atomic mass is 32.2. The van der Waals surface area contributed by atoms with Gasteiger partial charge in [-0.05, 0) is 36.1 Å². The first kappa shape index (κ1) is 20.0. The maximum atomic E-state index is 11.5. The van der Waals surface area contributed by atoms with Gasteiger partial charge in [0.1, 0.15) is 22.8 Å². The number of hydrogen-bond donors (Lipinski definition) is 4. The van der Waals surface area contributed by atoms with Gasteiger partial charge in [-0.3, -0.25) is 4.55 Å². The summed E-state index contributed by atoms with van der Waals surface area (Å²) in [6.07, 6.45) is 0. The Labute approximate surface area is 183 Å². The minimum absolute atomic E-state index is 0.0672. The third-order valence-corrected chi connectivity index (χ3v) is 6.30. The Morgan fingerprint density at radius 2 is 1.62 bits per heavy atom. The monoisotopic (exact) mass is 446 g/mol. The summed E-state index contributed by atoms with van der Waals surface area (Å²) >= 11 is 0. The number of rotatable bonds is 3. The lowest BCUT2D eigenvalue weighted by Crippen LogP contribution is -1.97.